The average Bonchev–Trinajstić information content (AvgIpc) is 3.06. The number of rotatable bonds is 8. The lowest BCUT2D eigenvalue weighted by Gasteiger charge is -2.28. The third kappa shape index (κ3) is 4.12. The highest BCUT2D eigenvalue weighted by atomic mass is 16.5. The molecule has 2 heteroatoms. The molecule has 90 valence electrons. The van der Waals surface area contributed by atoms with Crippen molar-refractivity contribution in [3.05, 3.63) is 0 Å². The lowest BCUT2D eigenvalue weighted by Crippen LogP contribution is -2.42. The summed E-state index contributed by atoms with van der Waals surface area (Å²) < 4.78 is 5.90. The Morgan fingerprint density at radius 3 is 2.40 bits per heavy atom. The second-order valence-corrected chi connectivity index (χ2v) is 4.90. The number of ether oxygens (including phenoxy) is 1. The topological polar surface area (TPSA) is 21.3 Å². The fourth-order valence-electron chi connectivity index (χ4n) is 2.21. The zero-order chi connectivity index (χ0) is 11.3. The normalized spacial score (nSPS) is 22.4. The monoisotopic (exact) mass is 213 g/mol. The molecule has 1 saturated carbocycles. The number of hydrogen-bond donors (Lipinski definition) is 1. The smallest absolute Gasteiger partial charge is 0.0755 e. The Bertz CT molecular complexity index is 168. The molecule has 0 saturated heterocycles. The highest BCUT2D eigenvalue weighted by Gasteiger charge is 2.36. The van der Waals surface area contributed by atoms with Crippen molar-refractivity contribution in [2.45, 2.75) is 58.6 Å². The van der Waals surface area contributed by atoms with Gasteiger partial charge in [-0.2, -0.15) is 0 Å². The molecule has 1 aliphatic rings. The summed E-state index contributed by atoms with van der Waals surface area (Å²) in [5.74, 6) is 1.62. The molecular weight excluding hydrogens is 186 g/mol. The minimum Gasteiger partial charge on any atom is -0.377 e. The summed E-state index contributed by atoms with van der Waals surface area (Å²) in [5.41, 5.74) is 0. The Labute approximate surface area is 94.8 Å². The van der Waals surface area contributed by atoms with Crippen LogP contribution in [0.5, 0.6) is 0 Å². The standard InChI is InChI=1S/C13H27NO/c1-5-10(3)9-12(14-4)13(15-6-2)11-7-8-11/h10-14H,5-9H2,1-4H3. The van der Waals surface area contributed by atoms with Crippen molar-refractivity contribution in [3.63, 3.8) is 0 Å². The molecule has 3 unspecified atom stereocenters. The summed E-state index contributed by atoms with van der Waals surface area (Å²) in [6.07, 6.45) is 5.69. The van der Waals surface area contributed by atoms with Crippen molar-refractivity contribution < 1.29 is 4.74 Å². The second-order valence-electron chi connectivity index (χ2n) is 4.90. The Morgan fingerprint density at radius 1 is 1.33 bits per heavy atom. The van der Waals surface area contributed by atoms with Gasteiger partial charge in [-0.05, 0) is 45.1 Å². The van der Waals surface area contributed by atoms with Crippen LogP contribution in [0.15, 0.2) is 0 Å². The molecule has 15 heavy (non-hydrogen) atoms. The molecule has 3 atom stereocenters. The molecule has 1 fully saturated rings. The van der Waals surface area contributed by atoms with Crippen LogP contribution in [0.1, 0.15) is 46.5 Å². The van der Waals surface area contributed by atoms with Gasteiger partial charge in [0.05, 0.1) is 6.10 Å². The summed E-state index contributed by atoms with van der Waals surface area (Å²) in [6.45, 7) is 7.55. The maximum atomic E-state index is 5.90. The van der Waals surface area contributed by atoms with E-state index in [1.54, 1.807) is 0 Å². The molecular formula is C13H27NO. The van der Waals surface area contributed by atoms with Gasteiger partial charge >= 0.3 is 0 Å². The molecule has 0 spiro atoms. The molecule has 0 aliphatic heterocycles. The van der Waals surface area contributed by atoms with Crippen LogP contribution in [-0.2, 0) is 4.74 Å². The van der Waals surface area contributed by atoms with E-state index in [2.05, 4.69) is 33.1 Å². The fourth-order valence-corrected chi connectivity index (χ4v) is 2.21. The van der Waals surface area contributed by atoms with Gasteiger partial charge in [0.1, 0.15) is 0 Å². The van der Waals surface area contributed by atoms with Crippen LogP contribution in [0.4, 0.5) is 0 Å². The summed E-state index contributed by atoms with van der Waals surface area (Å²) in [5, 5.41) is 3.45. The second kappa shape index (κ2) is 6.49. The van der Waals surface area contributed by atoms with Crippen molar-refractivity contribution in [1.82, 2.24) is 5.32 Å². The predicted molar refractivity (Wildman–Crippen MR) is 65.1 cm³/mol. The van der Waals surface area contributed by atoms with E-state index in [4.69, 9.17) is 4.74 Å². The highest BCUT2D eigenvalue weighted by Crippen LogP contribution is 2.37. The maximum Gasteiger partial charge on any atom is 0.0755 e. The third-order valence-corrected chi connectivity index (χ3v) is 3.57. The first-order chi connectivity index (χ1) is 7.22. The minimum atomic E-state index is 0.453. The molecule has 0 amide bonds. The Kier molecular flexibility index (Phi) is 5.62. The first kappa shape index (κ1) is 13.0. The first-order valence-corrected chi connectivity index (χ1v) is 6.51. The first-order valence-electron chi connectivity index (χ1n) is 6.51. The van der Waals surface area contributed by atoms with Crippen molar-refractivity contribution >= 4 is 0 Å². The van der Waals surface area contributed by atoms with E-state index < -0.39 is 0 Å². The van der Waals surface area contributed by atoms with Crippen LogP contribution in [0.3, 0.4) is 0 Å². The molecule has 0 aromatic rings. The van der Waals surface area contributed by atoms with E-state index in [9.17, 15) is 0 Å². The van der Waals surface area contributed by atoms with Gasteiger partial charge in [-0.15, -0.1) is 0 Å². The van der Waals surface area contributed by atoms with E-state index in [0.29, 0.717) is 12.1 Å². The Balaban J connectivity index is 2.44. The zero-order valence-corrected chi connectivity index (χ0v) is 10.8. The molecule has 0 bridgehead atoms. The average molecular weight is 213 g/mol. The van der Waals surface area contributed by atoms with Gasteiger partial charge < -0.3 is 10.1 Å². The maximum absolute atomic E-state index is 5.90. The molecule has 0 aromatic carbocycles. The van der Waals surface area contributed by atoms with E-state index in [1.807, 2.05) is 0 Å². The number of likely N-dealkylation sites (N-methyl/N-ethyl adjacent to an activating group) is 1. The van der Waals surface area contributed by atoms with E-state index in [0.717, 1.165) is 18.4 Å². The molecule has 0 heterocycles. The van der Waals surface area contributed by atoms with Crippen LogP contribution in [-0.4, -0.2) is 25.8 Å². The van der Waals surface area contributed by atoms with Crippen LogP contribution in [0, 0.1) is 11.8 Å². The predicted octanol–water partition coefficient (Wildman–Crippen LogP) is 2.83. The van der Waals surface area contributed by atoms with Gasteiger partial charge in [-0.3, -0.25) is 0 Å². The van der Waals surface area contributed by atoms with Crippen LogP contribution >= 0.6 is 0 Å². The van der Waals surface area contributed by atoms with Gasteiger partial charge in [0.15, 0.2) is 0 Å². The van der Waals surface area contributed by atoms with Gasteiger partial charge in [0.2, 0.25) is 0 Å². The molecule has 2 nitrogen and oxygen atoms in total. The largest absolute Gasteiger partial charge is 0.377 e. The third-order valence-electron chi connectivity index (χ3n) is 3.57. The molecule has 1 aliphatic carbocycles. The van der Waals surface area contributed by atoms with Crippen LogP contribution < -0.4 is 5.32 Å². The molecule has 1 N–H and O–H groups in total. The lowest BCUT2D eigenvalue weighted by atomic mass is 9.94. The number of hydrogen-bond acceptors (Lipinski definition) is 2. The van der Waals surface area contributed by atoms with Crippen LogP contribution in [0.2, 0.25) is 0 Å². The van der Waals surface area contributed by atoms with E-state index in [-0.39, 0.29) is 0 Å². The quantitative estimate of drug-likeness (QED) is 0.669. The van der Waals surface area contributed by atoms with Crippen molar-refractivity contribution in [1.29, 1.82) is 0 Å². The summed E-state index contributed by atoms with van der Waals surface area (Å²) in [6, 6.07) is 0.549. The van der Waals surface area contributed by atoms with Gasteiger partial charge in [-0.1, -0.05) is 20.3 Å². The molecule has 0 aromatic heterocycles. The SMILES string of the molecule is CCOC(C1CC1)C(CC(C)CC)NC. The van der Waals surface area contributed by atoms with E-state index in [1.165, 1.54) is 25.7 Å². The van der Waals surface area contributed by atoms with Gasteiger partial charge in [0, 0.05) is 12.6 Å². The van der Waals surface area contributed by atoms with Gasteiger partial charge in [-0.25, -0.2) is 0 Å². The zero-order valence-electron chi connectivity index (χ0n) is 10.8. The highest BCUT2D eigenvalue weighted by molar-refractivity contribution is 4.90. The van der Waals surface area contributed by atoms with Crippen molar-refractivity contribution in [2.75, 3.05) is 13.7 Å². The summed E-state index contributed by atoms with van der Waals surface area (Å²) >= 11 is 0. The minimum absolute atomic E-state index is 0.453. The summed E-state index contributed by atoms with van der Waals surface area (Å²) in [7, 11) is 2.07. The molecule has 0 radical (unpaired) electrons. The summed E-state index contributed by atoms with van der Waals surface area (Å²) in [4.78, 5) is 0. The van der Waals surface area contributed by atoms with Crippen molar-refractivity contribution in [3.8, 4) is 0 Å². The van der Waals surface area contributed by atoms with Crippen LogP contribution in [0.25, 0.3) is 0 Å². The Morgan fingerprint density at radius 2 is 2.00 bits per heavy atom. The molecule has 1 rings (SSSR count). The fraction of sp³-hybridized carbons (Fsp3) is 1.00. The van der Waals surface area contributed by atoms with Gasteiger partial charge in [0.25, 0.3) is 0 Å². The van der Waals surface area contributed by atoms with E-state index >= 15 is 0 Å². The van der Waals surface area contributed by atoms with Crippen molar-refractivity contribution in [2.24, 2.45) is 11.8 Å². The Hall–Kier alpha value is -0.0800. The number of nitrogens with one attached hydrogen (secondary N) is 1. The lowest BCUT2D eigenvalue weighted by molar-refractivity contribution is 0.0152.